The molecule has 0 aromatic heterocycles. The summed E-state index contributed by atoms with van der Waals surface area (Å²) >= 11 is 0. The zero-order valence-electron chi connectivity index (χ0n) is 45.8. The molecule has 0 aromatic rings. The number of hydrogen-bond acceptors (Lipinski definition) is 14. The highest BCUT2D eigenvalue weighted by molar-refractivity contribution is 4.81. The molecule has 0 rings (SSSR count). The molecular weight excluding hydrogens is 1220 g/mol. The van der Waals surface area contributed by atoms with Crippen LogP contribution in [0, 0.1) is 32.5 Å². The third kappa shape index (κ3) is 45.0. The van der Waals surface area contributed by atoms with Crippen LogP contribution in [0.4, 0.5) is 92.2 Å². The molecule has 0 aliphatic heterocycles. The van der Waals surface area contributed by atoms with Gasteiger partial charge >= 0.3 is 48.6 Å². The number of rotatable bonds is 39. The third-order valence-electron chi connectivity index (χ3n) is 10.2. The van der Waals surface area contributed by atoms with Crippen molar-refractivity contribution >= 4 is 0 Å². The Labute approximate surface area is 484 Å². The fourth-order valence-corrected chi connectivity index (χ4v) is 5.26. The van der Waals surface area contributed by atoms with Crippen LogP contribution < -0.4 is 0 Å². The van der Waals surface area contributed by atoms with Crippen LogP contribution in [0.25, 0.3) is 0 Å². The van der Waals surface area contributed by atoms with Crippen molar-refractivity contribution in [1.29, 1.82) is 0 Å². The Kier molecular flexibility index (Phi) is 46.2. The maximum atomic E-state index is 13.0. The summed E-state index contributed by atoms with van der Waals surface area (Å²) in [6.45, 7) is -0.0699. The average Bonchev–Trinajstić information content (AvgIpc) is 3.28. The van der Waals surface area contributed by atoms with E-state index in [-0.39, 0.29) is 102 Å². The summed E-state index contributed by atoms with van der Waals surface area (Å²) in [7, 11) is 0. The quantitative estimate of drug-likeness (QED) is 0.0289. The summed E-state index contributed by atoms with van der Waals surface area (Å²) in [5.41, 5.74) is -5.94. The van der Waals surface area contributed by atoms with Gasteiger partial charge in [-0.25, -0.2) is 0 Å². The van der Waals surface area contributed by atoms with E-state index in [1.807, 2.05) is 0 Å². The van der Waals surface area contributed by atoms with Crippen molar-refractivity contribution in [2.24, 2.45) is 32.5 Å². The van der Waals surface area contributed by atoms with Crippen LogP contribution in [0.3, 0.4) is 0 Å². The molecule has 85 heavy (non-hydrogen) atoms. The van der Waals surface area contributed by atoms with Gasteiger partial charge in [0.1, 0.15) is 26.4 Å². The number of ether oxygens (including phenoxy) is 9. The topological polar surface area (TPSA) is 184 Å². The van der Waals surface area contributed by atoms with Crippen LogP contribution in [-0.4, -0.2) is 226 Å². The van der Waals surface area contributed by atoms with E-state index in [4.69, 9.17) is 24.1 Å². The van der Waals surface area contributed by atoms with Gasteiger partial charge in [-0.2, -0.15) is 92.2 Å². The van der Waals surface area contributed by atoms with Crippen LogP contribution in [0.5, 0.6) is 0 Å². The van der Waals surface area contributed by atoms with E-state index in [0.29, 0.717) is 0 Å². The lowest BCUT2D eigenvalue weighted by molar-refractivity contribution is -0.298. The molecule has 0 saturated carbocycles. The lowest BCUT2D eigenvalue weighted by Gasteiger charge is -2.32. The first-order valence-electron chi connectivity index (χ1n) is 23.9. The van der Waals surface area contributed by atoms with Gasteiger partial charge in [-0.05, 0) is 0 Å². The van der Waals surface area contributed by atoms with Crippen molar-refractivity contribution in [3.63, 3.8) is 0 Å². The van der Waals surface area contributed by atoms with Crippen molar-refractivity contribution in [2.75, 3.05) is 152 Å². The summed E-state index contributed by atoms with van der Waals surface area (Å²) in [6.07, 6.45) is -27.4. The molecule has 0 aromatic carbocycles. The molecule has 4 unspecified atom stereocenters. The Hall–Kier alpha value is -2.03. The highest BCUT2D eigenvalue weighted by atomic mass is 19.4. The molecule has 0 bridgehead atoms. The lowest BCUT2D eigenvalue weighted by Crippen LogP contribution is -2.43. The molecule has 0 radical (unpaired) electrons. The largest absolute Gasteiger partial charge is 0.455 e. The van der Waals surface area contributed by atoms with E-state index in [9.17, 15) is 113 Å². The fourth-order valence-electron chi connectivity index (χ4n) is 5.26. The number of hydrogen-bond donors (Lipinski definition) is 5. The molecule has 0 saturated heterocycles. The monoisotopic (exact) mass is 1320 g/mol. The summed E-state index contributed by atoms with van der Waals surface area (Å²) in [4.78, 5) is 0. The Morgan fingerprint density at radius 1 is 0.247 bits per heavy atom. The first kappa shape index (κ1) is 96.6. The predicted octanol–water partition coefficient (Wildman–Crippen LogP) is 11.8. The second kappa shape index (κ2) is 40.7. The smallest absolute Gasteiger partial charge is 0.396 e. The minimum atomic E-state index is -5.78. The number of aliphatic hydroxyl groups is 5. The van der Waals surface area contributed by atoms with Crippen LogP contribution in [0.1, 0.15) is 91.5 Å². The lowest BCUT2D eigenvalue weighted by atomic mass is 9.92. The Bertz CT molecular complexity index is 1560. The molecule has 0 aliphatic carbocycles. The normalized spacial score (nSPS) is 16.0. The minimum absolute atomic E-state index is 0. The van der Waals surface area contributed by atoms with E-state index in [1.165, 1.54) is 27.7 Å². The predicted molar refractivity (Wildman–Crippen MR) is 269 cm³/mol. The van der Waals surface area contributed by atoms with Gasteiger partial charge in [0, 0.05) is 38.9 Å². The van der Waals surface area contributed by atoms with Gasteiger partial charge in [0.05, 0.1) is 126 Å². The van der Waals surface area contributed by atoms with Crippen LogP contribution in [0.15, 0.2) is 0 Å². The van der Waals surface area contributed by atoms with Crippen molar-refractivity contribution < 1.29 is 160 Å². The van der Waals surface area contributed by atoms with Crippen LogP contribution in [-0.2, 0) is 42.6 Å². The van der Waals surface area contributed by atoms with Gasteiger partial charge in [-0.1, -0.05) is 85.1 Å². The Morgan fingerprint density at radius 3 is 0.624 bits per heavy atom. The van der Waals surface area contributed by atoms with Crippen LogP contribution in [0.2, 0.25) is 0 Å². The molecule has 0 fully saturated rings. The van der Waals surface area contributed by atoms with E-state index in [1.54, 1.807) is 27.7 Å². The number of aliphatic hydroxyl groups excluding tert-OH is 5. The second-order valence-corrected chi connectivity index (χ2v) is 22.1. The molecule has 0 aliphatic rings. The summed E-state index contributed by atoms with van der Waals surface area (Å²) in [5.74, 6) is -14.8. The molecule has 4 atom stereocenters. The molecule has 5 N–H and O–H groups in total. The van der Waals surface area contributed by atoms with Crippen molar-refractivity contribution in [1.82, 2.24) is 0 Å². The van der Waals surface area contributed by atoms with Gasteiger partial charge < -0.3 is 68.2 Å². The maximum Gasteiger partial charge on any atom is 0.455 e. The van der Waals surface area contributed by atoms with Crippen molar-refractivity contribution in [3.05, 3.63) is 0 Å². The third-order valence-corrected chi connectivity index (χ3v) is 10.2. The molecule has 524 valence electrons. The summed E-state index contributed by atoms with van der Waals surface area (Å²) < 4.78 is 301. The highest BCUT2D eigenvalue weighted by Crippen LogP contribution is 2.39. The van der Waals surface area contributed by atoms with Crippen molar-refractivity contribution in [3.8, 4) is 0 Å². The zero-order chi connectivity index (χ0) is 64.3. The summed E-state index contributed by atoms with van der Waals surface area (Å²) in [5, 5.41) is 46.0. The fraction of sp³-hybridized carbons (Fsp3) is 1.00. The van der Waals surface area contributed by atoms with E-state index < -0.39 is 167 Å². The SMILES string of the molecule is C.C.C.C.CC(C)(COCC(C)(CO)COCC(F)(F)C(F)(F)F)COCC(C)(CO)COCC(F)(F)C(F)(F)F.CC(C)(COCC(C)(CO)COCC(F)(F)F)COCC(C)(CO)COCC(F)(F)F.OCCOCCC(F)(F)C(F)(F)F. The number of halogens is 21. The van der Waals surface area contributed by atoms with Crippen molar-refractivity contribution in [2.45, 2.75) is 140 Å². The molecule has 14 nitrogen and oxygen atoms in total. The Morgan fingerprint density at radius 2 is 0.447 bits per heavy atom. The maximum absolute atomic E-state index is 13.0. The standard InChI is InChI=1S/C21H34F10O6.C19H34F6O6.C6H9F5O2.4CH4/c1-15(2,7-34-9-16(3,5-32)11-36-13-18(22,23)20(26,27)28)8-35-10-17(4,6-33)12-37-14-19(24,25)21(29,30)31;1-15(2,7-28-9-16(3,5-26)11-30-13-18(20,21)22)8-29-10-17(4,6-27)12-31-14-19(23,24)25;7-5(8,6(9,10)11)1-3-13-4-2-12;;;;/h32-33H,5-14H2,1-4H3;26-27H,5-14H2,1-4H3;12H,1-4H2;4*1H4. The molecule has 35 heteroatoms. The molecule has 0 amide bonds. The van der Waals surface area contributed by atoms with Gasteiger partial charge in [-0.15, -0.1) is 0 Å². The van der Waals surface area contributed by atoms with Gasteiger partial charge in [-0.3, -0.25) is 0 Å². The van der Waals surface area contributed by atoms with Gasteiger partial charge in [0.25, 0.3) is 0 Å². The number of alkyl halides is 21. The highest BCUT2D eigenvalue weighted by Gasteiger charge is 2.59. The van der Waals surface area contributed by atoms with E-state index in [0.717, 1.165) is 0 Å². The molecule has 0 heterocycles. The molecule has 0 spiro atoms. The first-order chi connectivity index (χ1) is 36.2. The second-order valence-electron chi connectivity index (χ2n) is 22.1. The van der Waals surface area contributed by atoms with Gasteiger partial charge in [0.15, 0.2) is 0 Å². The summed E-state index contributed by atoms with van der Waals surface area (Å²) in [6, 6.07) is 0. The molecular formula is C50H93F21O14. The van der Waals surface area contributed by atoms with E-state index >= 15 is 0 Å². The minimum Gasteiger partial charge on any atom is -0.396 e. The van der Waals surface area contributed by atoms with Crippen LogP contribution >= 0.6 is 0 Å². The average molecular weight is 1320 g/mol. The van der Waals surface area contributed by atoms with Gasteiger partial charge in [0.2, 0.25) is 0 Å². The first-order valence-corrected chi connectivity index (χ1v) is 23.9. The zero-order valence-corrected chi connectivity index (χ0v) is 45.8. The Balaban J connectivity index is -0.000000230. The van der Waals surface area contributed by atoms with E-state index in [2.05, 4.69) is 23.7 Å².